The predicted octanol–water partition coefficient (Wildman–Crippen LogP) is 2.53. The number of hydrogen-bond acceptors (Lipinski definition) is 6. The Balaban J connectivity index is 0.00000280. The summed E-state index contributed by atoms with van der Waals surface area (Å²) in [6.45, 7) is 2.66. The van der Waals surface area contributed by atoms with Crippen LogP contribution in [0.15, 0.2) is 53.4 Å². The minimum Gasteiger partial charge on any atom is -0.490 e. The fourth-order valence-corrected chi connectivity index (χ4v) is 4.53. The molecular formula is C18H22ClN3O5S. The smallest absolute Gasteiger partial charge is 0.312 e. The maximum Gasteiger partial charge on any atom is 0.312 e. The Morgan fingerprint density at radius 3 is 2.29 bits per heavy atom. The second-order valence-electron chi connectivity index (χ2n) is 6.26. The van der Waals surface area contributed by atoms with Crippen LogP contribution in [0.2, 0.25) is 0 Å². The summed E-state index contributed by atoms with van der Waals surface area (Å²) in [6.07, 6.45) is 0. The summed E-state index contributed by atoms with van der Waals surface area (Å²) in [5.74, 6) is 0.0339. The summed E-state index contributed by atoms with van der Waals surface area (Å²) in [5, 5.41) is 11.2. The van der Waals surface area contributed by atoms with E-state index in [-0.39, 0.29) is 28.7 Å². The normalized spacial score (nSPS) is 15.6. The fourth-order valence-electron chi connectivity index (χ4n) is 3.09. The first kappa shape index (κ1) is 22.1. The highest BCUT2D eigenvalue weighted by Crippen LogP contribution is 2.30. The molecule has 1 aliphatic rings. The number of hydrogen-bond donors (Lipinski definition) is 0. The van der Waals surface area contributed by atoms with E-state index in [1.807, 2.05) is 30.3 Å². The number of methoxy groups -OCH3 is 1. The monoisotopic (exact) mass is 427 g/mol. The van der Waals surface area contributed by atoms with Gasteiger partial charge < -0.3 is 4.74 Å². The van der Waals surface area contributed by atoms with Gasteiger partial charge in [-0.25, -0.2) is 8.42 Å². The van der Waals surface area contributed by atoms with Crippen molar-refractivity contribution < 1.29 is 18.1 Å². The highest BCUT2D eigenvalue weighted by Gasteiger charge is 2.30. The quantitative estimate of drug-likeness (QED) is 0.519. The van der Waals surface area contributed by atoms with Crippen molar-refractivity contribution in [2.45, 2.75) is 11.4 Å². The molecule has 0 atom stereocenters. The molecule has 0 bridgehead atoms. The summed E-state index contributed by atoms with van der Waals surface area (Å²) >= 11 is 0. The van der Waals surface area contributed by atoms with Crippen molar-refractivity contribution in [3.8, 4) is 5.75 Å². The van der Waals surface area contributed by atoms with Crippen LogP contribution in [0.5, 0.6) is 5.75 Å². The molecule has 0 N–H and O–H groups in total. The van der Waals surface area contributed by atoms with Gasteiger partial charge in [-0.1, -0.05) is 30.3 Å². The number of nitro benzene ring substituents is 1. The molecule has 3 rings (SSSR count). The molecule has 0 amide bonds. The molecule has 0 spiro atoms. The number of ether oxygens (including phenoxy) is 1. The van der Waals surface area contributed by atoms with E-state index >= 15 is 0 Å². The van der Waals surface area contributed by atoms with E-state index in [1.165, 1.54) is 29.1 Å². The lowest BCUT2D eigenvalue weighted by Crippen LogP contribution is -2.48. The third-order valence-electron chi connectivity index (χ3n) is 4.57. The largest absolute Gasteiger partial charge is 0.490 e. The first-order valence-electron chi connectivity index (χ1n) is 8.50. The van der Waals surface area contributed by atoms with Crippen molar-refractivity contribution in [1.82, 2.24) is 9.21 Å². The minimum absolute atomic E-state index is 0. The molecule has 1 aliphatic heterocycles. The Morgan fingerprint density at radius 2 is 1.71 bits per heavy atom. The van der Waals surface area contributed by atoms with Crippen LogP contribution in [0.25, 0.3) is 0 Å². The van der Waals surface area contributed by atoms with Crippen LogP contribution in [0, 0.1) is 10.1 Å². The van der Waals surface area contributed by atoms with E-state index < -0.39 is 14.9 Å². The number of nitro groups is 1. The van der Waals surface area contributed by atoms with E-state index in [0.29, 0.717) is 26.2 Å². The molecule has 8 nitrogen and oxygen atoms in total. The Kier molecular flexibility index (Phi) is 7.36. The molecule has 2 aromatic carbocycles. The van der Waals surface area contributed by atoms with Crippen LogP contribution in [-0.2, 0) is 16.6 Å². The molecule has 1 fully saturated rings. The van der Waals surface area contributed by atoms with Gasteiger partial charge in [0.05, 0.1) is 16.9 Å². The molecule has 0 saturated carbocycles. The van der Waals surface area contributed by atoms with Gasteiger partial charge in [-0.05, 0) is 17.7 Å². The summed E-state index contributed by atoms with van der Waals surface area (Å²) in [6, 6.07) is 13.7. The number of nitrogens with zero attached hydrogens (tertiary/aromatic N) is 3. The first-order valence-corrected chi connectivity index (χ1v) is 9.94. The first-order chi connectivity index (χ1) is 12.9. The number of sulfonamides is 1. The maximum absolute atomic E-state index is 12.9. The third kappa shape index (κ3) is 4.79. The molecule has 152 valence electrons. The number of halogens is 1. The number of benzene rings is 2. The van der Waals surface area contributed by atoms with Gasteiger partial charge in [0.25, 0.3) is 0 Å². The second-order valence-corrected chi connectivity index (χ2v) is 8.19. The van der Waals surface area contributed by atoms with Crippen molar-refractivity contribution in [3.05, 3.63) is 64.2 Å². The van der Waals surface area contributed by atoms with Crippen LogP contribution in [0.4, 0.5) is 5.69 Å². The molecule has 0 unspecified atom stereocenters. The molecule has 1 saturated heterocycles. The second kappa shape index (κ2) is 9.33. The SMILES string of the molecule is COc1ccc(S(=O)(=O)N2CCN(Cc3ccccc3)CC2)cc1[N+](=O)[O-].Cl. The Hall–Kier alpha value is -2.20. The lowest BCUT2D eigenvalue weighted by atomic mass is 10.2. The molecular weight excluding hydrogens is 406 g/mol. The van der Waals surface area contributed by atoms with Gasteiger partial charge in [0.2, 0.25) is 10.0 Å². The zero-order valence-corrected chi connectivity index (χ0v) is 17.0. The third-order valence-corrected chi connectivity index (χ3v) is 6.46. The zero-order valence-electron chi connectivity index (χ0n) is 15.4. The van der Waals surface area contributed by atoms with Gasteiger partial charge in [-0.15, -0.1) is 12.4 Å². The zero-order chi connectivity index (χ0) is 19.4. The average molecular weight is 428 g/mol. The van der Waals surface area contributed by atoms with E-state index in [0.717, 1.165) is 12.6 Å². The number of piperazine rings is 1. The lowest BCUT2D eigenvalue weighted by molar-refractivity contribution is -0.386. The highest BCUT2D eigenvalue weighted by atomic mass is 35.5. The molecule has 2 aromatic rings. The van der Waals surface area contributed by atoms with Gasteiger partial charge >= 0.3 is 5.69 Å². The van der Waals surface area contributed by atoms with E-state index in [4.69, 9.17) is 4.74 Å². The molecule has 0 radical (unpaired) electrons. The molecule has 0 aliphatic carbocycles. The molecule has 10 heteroatoms. The highest BCUT2D eigenvalue weighted by molar-refractivity contribution is 7.89. The van der Waals surface area contributed by atoms with Crippen molar-refractivity contribution in [1.29, 1.82) is 0 Å². The van der Waals surface area contributed by atoms with Crippen LogP contribution in [0.1, 0.15) is 5.56 Å². The van der Waals surface area contributed by atoms with Gasteiger partial charge in [-0.3, -0.25) is 15.0 Å². The van der Waals surface area contributed by atoms with Crippen molar-refractivity contribution in [2.24, 2.45) is 0 Å². The van der Waals surface area contributed by atoms with Gasteiger partial charge in [0.1, 0.15) is 0 Å². The summed E-state index contributed by atoms with van der Waals surface area (Å²) in [7, 11) is -2.48. The summed E-state index contributed by atoms with van der Waals surface area (Å²) < 4.78 is 32.1. The Morgan fingerprint density at radius 1 is 1.07 bits per heavy atom. The van der Waals surface area contributed by atoms with Gasteiger partial charge in [-0.2, -0.15) is 4.31 Å². The van der Waals surface area contributed by atoms with Crippen LogP contribution in [-0.4, -0.2) is 55.8 Å². The molecule has 28 heavy (non-hydrogen) atoms. The average Bonchev–Trinajstić information content (AvgIpc) is 2.68. The van der Waals surface area contributed by atoms with Crippen molar-refractivity contribution in [3.63, 3.8) is 0 Å². The lowest BCUT2D eigenvalue weighted by Gasteiger charge is -2.34. The van der Waals surface area contributed by atoms with E-state index in [2.05, 4.69) is 4.90 Å². The maximum atomic E-state index is 12.9. The van der Waals surface area contributed by atoms with E-state index in [9.17, 15) is 18.5 Å². The van der Waals surface area contributed by atoms with E-state index in [1.54, 1.807) is 0 Å². The topological polar surface area (TPSA) is 93.0 Å². The van der Waals surface area contributed by atoms with Crippen LogP contribution < -0.4 is 4.74 Å². The van der Waals surface area contributed by atoms with Crippen molar-refractivity contribution in [2.75, 3.05) is 33.3 Å². The Labute approximate surface area is 170 Å². The predicted molar refractivity (Wildman–Crippen MR) is 107 cm³/mol. The summed E-state index contributed by atoms with van der Waals surface area (Å²) in [5.41, 5.74) is 0.820. The fraction of sp³-hybridized carbons (Fsp3) is 0.333. The van der Waals surface area contributed by atoms with Gasteiger partial charge in [0, 0.05) is 38.8 Å². The van der Waals surface area contributed by atoms with Crippen molar-refractivity contribution >= 4 is 28.1 Å². The van der Waals surface area contributed by atoms with Gasteiger partial charge in [0.15, 0.2) is 5.75 Å². The number of rotatable bonds is 6. The molecule has 1 heterocycles. The Bertz CT molecular complexity index is 916. The summed E-state index contributed by atoms with van der Waals surface area (Å²) in [4.78, 5) is 12.6. The molecule has 0 aromatic heterocycles. The van der Waals surface area contributed by atoms with Crippen LogP contribution >= 0.6 is 12.4 Å². The standard InChI is InChI=1S/C18H21N3O5S.ClH/c1-26-18-8-7-16(13-17(18)21(22)23)27(24,25)20-11-9-19(10-12-20)14-15-5-3-2-4-6-15;/h2-8,13H,9-12,14H2,1H3;1H. The van der Waals surface area contributed by atoms with Crippen LogP contribution in [0.3, 0.4) is 0 Å². The minimum atomic E-state index is -3.79.